The third kappa shape index (κ3) is 4.43. The Hall–Kier alpha value is -2.67. The molecule has 0 spiro atoms. The Morgan fingerprint density at radius 1 is 1.12 bits per heavy atom. The van der Waals surface area contributed by atoms with Crippen LogP contribution in [0.15, 0.2) is 30.4 Å². The van der Waals surface area contributed by atoms with Crippen LogP contribution in [0.5, 0.6) is 0 Å². The van der Waals surface area contributed by atoms with Crippen molar-refractivity contribution in [3.63, 3.8) is 0 Å². The summed E-state index contributed by atoms with van der Waals surface area (Å²) in [6.45, 7) is 9.47. The lowest BCUT2D eigenvalue weighted by Crippen LogP contribution is -2.52. The molecule has 33 heavy (non-hydrogen) atoms. The van der Waals surface area contributed by atoms with E-state index in [0.717, 1.165) is 23.2 Å². The molecule has 1 saturated heterocycles. The van der Waals surface area contributed by atoms with Gasteiger partial charge < -0.3 is 20.6 Å². The topological polar surface area (TPSA) is 98.7 Å². The molecular formula is C26H37N3O4. The molecule has 0 unspecified atom stereocenters. The first-order chi connectivity index (χ1) is 15.7. The summed E-state index contributed by atoms with van der Waals surface area (Å²) in [6.07, 6.45) is 4.65. The summed E-state index contributed by atoms with van der Waals surface area (Å²) in [5, 5.41) is 16.0. The van der Waals surface area contributed by atoms with Crippen LogP contribution in [0.1, 0.15) is 38.3 Å². The molecule has 6 atom stereocenters. The second-order valence-corrected chi connectivity index (χ2v) is 9.64. The van der Waals surface area contributed by atoms with Crippen LogP contribution in [-0.2, 0) is 14.4 Å². The molecule has 2 aliphatic rings. The van der Waals surface area contributed by atoms with E-state index in [4.69, 9.17) is 0 Å². The number of anilines is 1. The van der Waals surface area contributed by atoms with E-state index in [9.17, 15) is 19.5 Å². The number of rotatable bonds is 7. The van der Waals surface area contributed by atoms with Crippen molar-refractivity contribution in [2.75, 3.05) is 19.0 Å². The van der Waals surface area contributed by atoms with Gasteiger partial charge >= 0.3 is 0 Å². The number of fused-ring (bicyclic) bond motifs is 1. The van der Waals surface area contributed by atoms with E-state index in [-0.39, 0.29) is 36.2 Å². The first-order valence-corrected chi connectivity index (χ1v) is 11.9. The van der Waals surface area contributed by atoms with Crippen LogP contribution in [-0.4, -0.2) is 53.5 Å². The number of carbonyl (C=O) groups is 3. The summed E-state index contributed by atoms with van der Waals surface area (Å²) in [5.41, 5.74) is 2.61. The summed E-state index contributed by atoms with van der Waals surface area (Å²) >= 11 is 0. The van der Waals surface area contributed by atoms with Crippen molar-refractivity contribution in [3.8, 4) is 0 Å². The van der Waals surface area contributed by atoms with Crippen molar-refractivity contribution in [2.24, 2.45) is 29.6 Å². The molecule has 1 fully saturated rings. The number of hydrogen-bond donors (Lipinski definition) is 3. The average molecular weight is 456 g/mol. The molecule has 1 aromatic rings. The number of nitrogens with one attached hydrogen (secondary N) is 2. The number of aliphatic hydroxyl groups excluding tert-OH is 1. The van der Waals surface area contributed by atoms with Gasteiger partial charge in [0.25, 0.3) is 0 Å². The molecule has 1 heterocycles. The van der Waals surface area contributed by atoms with E-state index in [1.165, 1.54) is 0 Å². The lowest BCUT2D eigenvalue weighted by Gasteiger charge is -2.35. The van der Waals surface area contributed by atoms with Crippen LogP contribution in [0.2, 0.25) is 0 Å². The molecule has 0 saturated carbocycles. The van der Waals surface area contributed by atoms with Crippen LogP contribution in [0, 0.1) is 43.4 Å². The lowest BCUT2D eigenvalue weighted by atomic mass is 9.69. The monoisotopic (exact) mass is 455 g/mol. The van der Waals surface area contributed by atoms with Gasteiger partial charge in [-0.05, 0) is 43.2 Å². The minimum Gasteiger partial charge on any atom is -0.394 e. The minimum atomic E-state index is -0.803. The van der Waals surface area contributed by atoms with Crippen molar-refractivity contribution in [3.05, 3.63) is 41.5 Å². The third-order valence-electron chi connectivity index (χ3n) is 7.38. The standard InChI is InChI=1S/C26H37N3O4/c1-7-17-11-12-18-21(20(17)24(31)27-6)26(33)29(19(13-30)14(2)3)23(18)25(32)28-22-15(4)9-8-10-16(22)5/h8-12,14,17-21,23,30H,7,13H2,1-6H3,(H,27,31)(H,28,32)/t17-,18+,19+,20-,21-,23+/m1/s1. The van der Waals surface area contributed by atoms with Gasteiger partial charge in [-0.15, -0.1) is 0 Å². The molecule has 0 bridgehead atoms. The molecular weight excluding hydrogens is 418 g/mol. The quantitative estimate of drug-likeness (QED) is 0.551. The van der Waals surface area contributed by atoms with E-state index in [2.05, 4.69) is 10.6 Å². The van der Waals surface area contributed by atoms with E-state index in [1.54, 1.807) is 11.9 Å². The maximum Gasteiger partial charge on any atom is 0.247 e. The van der Waals surface area contributed by atoms with Gasteiger partial charge in [-0.3, -0.25) is 14.4 Å². The molecule has 3 rings (SSSR count). The van der Waals surface area contributed by atoms with Gasteiger partial charge in [0, 0.05) is 18.7 Å². The van der Waals surface area contributed by atoms with Crippen molar-refractivity contribution in [1.82, 2.24) is 10.2 Å². The number of allylic oxidation sites excluding steroid dienone is 1. The zero-order valence-corrected chi connectivity index (χ0v) is 20.5. The molecule has 3 N–H and O–H groups in total. The SMILES string of the molecule is CC[C@@H]1C=C[C@H]2[C@@H](C(=O)N([C@@H](CO)C(C)C)[C@@H]2C(=O)Nc2c(C)cccc2C)[C@@H]1C(=O)NC. The maximum atomic E-state index is 13.9. The number of aliphatic hydroxyl groups is 1. The smallest absolute Gasteiger partial charge is 0.247 e. The molecule has 0 radical (unpaired) electrons. The first kappa shape index (κ1) is 25.0. The predicted octanol–water partition coefficient (Wildman–Crippen LogP) is 2.66. The second kappa shape index (κ2) is 10.1. The molecule has 7 nitrogen and oxygen atoms in total. The number of likely N-dealkylation sites (tertiary alicyclic amines) is 1. The van der Waals surface area contributed by atoms with E-state index < -0.39 is 29.8 Å². The number of carbonyl (C=O) groups excluding carboxylic acids is 3. The van der Waals surface area contributed by atoms with E-state index in [1.807, 2.05) is 65.0 Å². The van der Waals surface area contributed by atoms with E-state index >= 15 is 0 Å². The summed E-state index contributed by atoms with van der Waals surface area (Å²) in [5.74, 6) is -2.47. The van der Waals surface area contributed by atoms with Gasteiger partial charge in [-0.25, -0.2) is 0 Å². The van der Waals surface area contributed by atoms with Crippen LogP contribution >= 0.6 is 0 Å². The van der Waals surface area contributed by atoms with Crippen molar-refractivity contribution >= 4 is 23.4 Å². The number of nitrogens with zero attached hydrogens (tertiary/aromatic N) is 1. The average Bonchev–Trinajstić information content (AvgIpc) is 3.07. The van der Waals surface area contributed by atoms with Crippen LogP contribution in [0.25, 0.3) is 0 Å². The highest BCUT2D eigenvalue weighted by Gasteiger charge is 2.58. The summed E-state index contributed by atoms with van der Waals surface area (Å²) in [7, 11) is 1.58. The fourth-order valence-corrected chi connectivity index (χ4v) is 5.54. The summed E-state index contributed by atoms with van der Waals surface area (Å²) in [6, 6.07) is 4.48. The number of para-hydroxylation sites is 1. The zero-order chi connectivity index (χ0) is 24.4. The van der Waals surface area contributed by atoms with Crippen LogP contribution < -0.4 is 10.6 Å². The zero-order valence-electron chi connectivity index (χ0n) is 20.5. The maximum absolute atomic E-state index is 13.9. The molecule has 0 aromatic heterocycles. The normalized spacial score (nSPS) is 27.5. The number of hydrogen-bond acceptors (Lipinski definition) is 4. The summed E-state index contributed by atoms with van der Waals surface area (Å²) in [4.78, 5) is 42.1. The number of aryl methyl sites for hydroxylation is 2. The van der Waals surface area contributed by atoms with Crippen molar-refractivity contribution in [2.45, 2.75) is 53.1 Å². The predicted molar refractivity (Wildman–Crippen MR) is 128 cm³/mol. The Bertz CT molecular complexity index is 921. The number of benzene rings is 1. The van der Waals surface area contributed by atoms with E-state index in [0.29, 0.717) is 0 Å². The Morgan fingerprint density at radius 3 is 2.27 bits per heavy atom. The largest absolute Gasteiger partial charge is 0.394 e. The lowest BCUT2D eigenvalue weighted by molar-refractivity contribution is -0.143. The van der Waals surface area contributed by atoms with Crippen LogP contribution in [0.4, 0.5) is 5.69 Å². The van der Waals surface area contributed by atoms with Gasteiger partial charge in [-0.2, -0.15) is 0 Å². The van der Waals surface area contributed by atoms with Gasteiger partial charge in [0.2, 0.25) is 17.7 Å². The number of amides is 3. The minimum absolute atomic E-state index is 0.0565. The highest BCUT2D eigenvalue weighted by Crippen LogP contribution is 2.46. The fourth-order valence-electron chi connectivity index (χ4n) is 5.54. The Morgan fingerprint density at radius 2 is 1.76 bits per heavy atom. The van der Waals surface area contributed by atoms with Crippen molar-refractivity contribution < 1.29 is 19.5 Å². The molecule has 180 valence electrons. The third-order valence-corrected chi connectivity index (χ3v) is 7.38. The molecule has 1 aliphatic heterocycles. The second-order valence-electron chi connectivity index (χ2n) is 9.64. The Balaban J connectivity index is 2.09. The first-order valence-electron chi connectivity index (χ1n) is 11.9. The molecule has 7 heteroatoms. The van der Waals surface area contributed by atoms with Gasteiger partial charge in [-0.1, -0.05) is 51.1 Å². The molecule has 1 aliphatic carbocycles. The summed E-state index contributed by atoms with van der Waals surface area (Å²) < 4.78 is 0. The van der Waals surface area contributed by atoms with Gasteiger partial charge in [0.05, 0.1) is 24.5 Å². The van der Waals surface area contributed by atoms with Crippen molar-refractivity contribution in [1.29, 1.82) is 0 Å². The highest BCUT2D eigenvalue weighted by atomic mass is 16.3. The van der Waals surface area contributed by atoms with Gasteiger partial charge in [0.15, 0.2) is 0 Å². The fraction of sp³-hybridized carbons (Fsp3) is 0.577. The van der Waals surface area contributed by atoms with Gasteiger partial charge in [0.1, 0.15) is 6.04 Å². The molecule has 1 aromatic carbocycles. The van der Waals surface area contributed by atoms with Crippen LogP contribution in [0.3, 0.4) is 0 Å². The molecule has 3 amide bonds. The Labute approximate surface area is 196 Å². The Kier molecular flexibility index (Phi) is 7.62. The highest BCUT2D eigenvalue weighted by molar-refractivity contribution is 6.02.